The van der Waals surface area contributed by atoms with E-state index in [1.165, 1.54) is 18.3 Å². The summed E-state index contributed by atoms with van der Waals surface area (Å²) in [6.07, 6.45) is 1.91. The minimum Gasteiger partial charge on any atom is -0.385 e. The van der Waals surface area contributed by atoms with Gasteiger partial charge in [0.1, 0.15) is 5.69 Å². The van der Waals surface area contributed by atoms with Gasteiger partial charge in [0.25, 0.3) is 5.91 Å². The minimum absolute atomic E-state index is 0.104. The van der Waals surface area contributed by atoms with Gasteiger partial charge in [0, 0.05) is 30.1 Å². The molecule has 108 valence electrons. The summed E-state index contributed by atoms with van der Waals surface area (Å²) in [6.45, 7) is 2.40. The van der Waals surface area contributed by atoms with Crippen molar-refractivity contribution in [2.45, 2.75) is 19.8 Å². The summed E-state index contributed by atoms with van der Waals surface area (Å²) in [5.74, 6) is -0.284. The van der Waals surface area contributed by atoms with Crippen LogP contribution < -0.4 is 10.6 Å². The number of thiazole rings is 1. The maximum absolute atomic E-state index is 12.4. The molecule has 1 aromatic carbocycles. The van der Waals surface area contributed by atoms with E-state index < -0.39 is 0 Å². The Kier molecular flexibility index (Phi) is 3.70. The van der Waals surface area contributed by atoms with E-state index in [0.29, 0.717) is 16.4 Å². The van der Waals surface area contributed by atoms with Crippen molar-refractivity contribution in [2.24, 2.45) is 0 Å². The van der Waals surface area contributed by atoms with Crippen LogP contribution in [-0.2, 0) is 6.42 Å². The molecular formula is C15H15N3O2S. The molecule has 1 aliphatic heterocycles. The van der Waals surface area contributed by atoms with Gasteiger partial charge in [0.05, 0.1) is 0 Å². The molecule has 21 heavy (non-hydrogen) atoms. The largest absolute Gasteiger partial charge is 0.385 e. The summed E-state index contributed by atoms with van der Waals surface area (Å²) in [6, 6.07) is 5.68. The van der Waals surface area contributed by atoms with Gasteiger partial charge in [-0.05, 0) is 30.5 Å². The van der Waals surface area contributed by atoms with Crippen molar-refractivity contribution in [3.63, 3.8) is 0 Å². The van der Waals surface area contributed by atoms with Crippen LogP contribution in [0.25, 0.3) is 0 Å². The molecule has 0 unspecified atom stereocenters. The fraction of sp³-hybridized carbons (Fsp3) is 0.267. The molecule has 0 aliphatic carbocycles. The van der Waals surface area contributed by atoms with Crippen molar-refractivity contribution in [3.8, 4) is 0 Å². The number of benzene rings is 1. The fourth-order valence-corrected chi connectivity index (χ4v) is 3.12. The van der Waals surface area contributed by atoms with Gasteiger partial charge in [-0.1, -0.05) is 6.07 Å². The highest BCUT2D eigenvalue weighted by Crippen LogP contribution is 2.26. The maximum atomic E-state index is 12.4. The smallest absolute Gasteiger partial charge is 0.257 e. The Morgan fingerprint density at radius 2 is 2.24 bits per heavy atom. The van der Waals surface area contributed by atoms with E-state index in [4.69, 9.17) is 0 Å². The third-order valence-electron chi connectivity index (χ3n) is 3.43. The molecule has 1 amide bonds. The number of ketones is 1. The van der Waals surface area contributed by atoms with Crippen LogP contribution >= 0.6 is 11.3 Å². The topological polar surface area (TPSA) is 71.1 Å². The lowest BCUT2D eigenvalue weighted by Crippen LogP contribution is -2.19. The lowest BCUT2D eigenvalue weighted by atomic mass is 9.97. The first-order chi connectivity index (χ1) is 10.1. The Labute approximate surface area is 126 Å². The quantitative estimate of drug-likeness (QED) is 0.855. The minimum atomic E-state index is -0.181. The zero-order valence-corrected chi connectivity index (χ0v) is 12.4. The molecule has 0 fully saturated rings. The number of hydrogen-bond acceptors (Lipinski definition) is 5. The molecule has 0 saturated heterocycles. The highest BCUT2D eigenvalue weighted by molar-refractivity contribution is 7.14. The van der Waals surface area contributed by atoms with Gasteiger partial charge in [-0.2, -0.15) is 0 Å². The van der Waals surface area contributed by atoms with Gasteiger partial charge < -0.3 is 5.32 Å². The van der Waals surface area contributed by atoms with Crippen molar-refractivity contribution in [1.82, 2.24) is 4.98 Å². The molecule has 0 bridgehead atoms. The standard InChI is InChI=1S/C15H15N3O2S/c1-9(19)13-8-21-15(17-13)18-14(20)11-4-2-6-12-10(11)5-3-7-16-12/h2,4,6,8,16H,3,5,7H2,1H3,(H,17,18,20). The number of carbonyl (C=O) groups is 2. The second-order valence-corrected chi connectivity index (χ2v) is 5.77. The second kappa shape index (κ2) is 5.65. The summed E-state index contributed by atoms with van der Waals surface area (Å²) in [4.78, 5) is 27.7. The predicted molar refractivity (Wildman–Crippen MR) is 83.3 cm³/mol. The molecule has 2 aromatic rings. The molecule has 6 heteroatoms. The molecule has 0 radical (unpaired) electrons. The van der Waals surface area contributed by atoms with Crippen molar-refractivity contribution >= 4 is 33.8 Å². The first kappa shape index (κ1) is 13.8. The molecule has 3 rings (SSSR count). The average molecular weight is 301 g/mol. The van der Waals surface area contributed by atoms with Crippen LogP contribution in [0.3, 0.4) is 0 Å². The van der Waals surface area contributed by atoms with Gasteiger partial charge in [-0.3, -0.25) is 14.9 Å². The molecular weight excluding hydrogens is 286 g/mol. The van der Waals surface area contributed by atoms with Gasteiger partial charge in [-0.25, -0.2) is 4.98 Å². The molecule has 5 nitrogen and oxygen atoms in total. The van der Waals surface area contributed by atoms with Gasteiger partial charge >= 0.3 is 0 Å². The van der Waals surface area contributed by atoms with Crippen LogP contribution in [-0.4, -0.2) is 23.2 Å². The molecule has 0 spiro atoms. The number of fused-ring (bicyclic) bond motifs is 1. The molecule has 2 N–H and O–H groups in total. The summed E-state index contributed by atoms with van der Waals surface area (Å²) >= 11 is 1.26. The first-order valence-electron chi connectivity index (χ1n) is 6.79. The van der Waals surface area contributed by atoms with E-state index in [-0.39, 0.29) is 11.7 Å². The molecule has 2 heterocycles. The zero-order valence-electron chi connectivity index (χ0n) is 11.6. The van der Waals surface area contributed by atoms with E-state index in [9.17, 15) is 9.59 Å². The van der Waals surface area contributed by atoms with E-state index in [0.717, 1.165) is 30.6 Å². The summed E-state index contributed by atoms with van der Waals surface area (Å²) in [5.41, 5.74) is 3.12. The van der Waals surface area contributed by atoms with Crippen molar-refractivity contribution in [2.75, 3.05) is 17.2 Å². The highest BCUT2D eigenvalue weighted by Gasteiger charge is 2.18. The van der Waals surface area contributed by atoms with Crippen molar-refractivity contribution in [3.05, 3.63) is 40.4 Å². The van der Waals surface area contributed by atoms with Gasteiger partial charge in [0.15, 0.2) is 10.9 Å². The van der Waals surface area contributed by atoms with E-state index in [2.05, 4.69) is 15.6 Å². The SMILES string of the molecule is CC(=O)c1csc(NC(=O)c2cccc3c2CCCN3)n1. The number of Topliss-reactive ketones (excluding diaryl/α,β-unsaturated/α-hetero) is 1. The van der Waals surface area contributed by atoms with Gasteiger partial charge in [0.2, 0.25) is 0 Å². The number of nitrogens with one attached hydrogen (secondary N) is 2. The Balaban J connectivity index is 1.83. The molecule has 1 aromatic heterocycles. The third kappa shape index (κ3) is 2.80. The number of nitrogens with zero attached hydrogens (tertiary/aromatic N) is 1. The van der Waals surface area contributed by atoms with Gasteiger partial charge in [-0.15, -0.1) is 11.3 Å². The van der Waals surface area contributed by atoms with E-state index in [1.807, 2.05) is 18.2 Å². The van der Waals surface area contributed by atoms with Crippen LogP contribution in [0.2, 0.25) is 0 Å². The van der Waals surface area contributed by atoms with Crippen LogP contribution in [0.4, 0.5) is 10.8 Å². The first-order valence-corrected chi connectivity index (χ1v) is 7.66. The normalized spacial score (nSPS) is 13.2. The number of rotatable bonds is 3. The maximum Gasteiger partial charge on any atom is 0.257 e. The molecule has 0 atom stereocenters. The summed E-state index contributed by atoms with van der Waals surface area (Å²) in [7, 11) is 0. The molecule has 0 saturated carbocycles. The Morgan fingerprint density at radius 3 is 3.00 bits per heavy atom. The number of aromatic nitrogens is 1. The van der Waals surface area contributed by atoms with Crippen LogP contribution in [0, 0.1) is 0 Å². The second-order valence-electron chi connectivity index (χ2n) is 4.91. The summed E-state index contributed by atoms with van der Waals surface area (Å²) in [5, 5.41) is 8.18. The number of carbonyl (C=O) groups excluding carboxylic acids is 2. The lowest BCUT2D eigenvalue weighted by Gasteiger charge is -2.20. The average Bonchev–Trinajstić information content (AvgIpc) is 2.95. The van der Waals surface area contributed by atoms with Crippen LogP contribution in [0.1, 0.15) is 39.8 Å². The molecule has 1 aliphatic rings. The Hall–Kier alpha value is -2.21. The predicted octanol–water partition coefficient (Wildman–Crippen LogP) is 2.96. The monoisotopic (exact) mass is 301 g/mol. The van der Waals surface area contributed by atoms with E-state index >= 15 is 0 Å². The van der Waals surface area contributed by atoms with Crippen molar-refractivity contribution < 1.29 is 9.59 Å². The number of amides is 1. The van der Waals surface area contributed by atoms with Crippen LogP contribution in [0.5, 0.6) is 0 Å². The lowest BCUT2D eigenvalue weighted by molar-refractivity contribution is 0.100. The third-order valence-corrected chi connectivity index (χ3v) is 4.18. The fourth-order valence-electron chi connectivity index (χ4n) is 2.38. The Bertz CT molecular complexity index is 709. The zero-order chi connectivity index (χ0) is 14.8. The number of anilines is 2. The van der Waals surface area contributed by atoms with Crippen molar-refractivity contribution in [1.29, 1.82) is 0 Å². The summed E-state index contributed by atoms with van der Waals surface area (Å²) < 4.78 is 0. The van der Waals surface area contributed by atoms with E-state index in [1.54, 1.807) is 5.38 Å². The number of hydrogen-bond donors (Lipinski definition) is 2. The Morgan fingerprint density at radius 1 is 1.38 bits per heavy atom. The van der Waals surface area contributed by atoms with Crippen LogP contribution in [0.15, 0.2) is 23.6 Å². The highest BCUT2D eigenvalue weighted by atomic mass is 32.1.